The van der Waals surface area contributed by atoms with Gasteiger partial charge >= 0.3 is 5.97 Å². The first-order chi connectivity index (χ1) is 5.90. The van der Waals surface area contributed by atoms with Gasteiger partial charge in [0.25, 0.3) is 0 Å². The van der Waals surface area contributed by atoms with E-state index in [0.29, 0.717) is 13.0 Å². The van der Waals surface area contributed by atoms with Crippen LogP contribution >= 0.6 is 11.6 Å². The highest BCUT2D eigenvalue weighted by atomic mass is 35.5. The zero-order chi connectivity index (χ0) is 10.5. The van der Waals surface area contributed by atoms with Gasteiger partial charge in [-0.05, 0) is 27.4 Å². The number of esters is 1. The Morgan fingerprint density at radius 2 is 2.08 bits per heavy atom. The van der Waals surface area contributed by atoms with Crippen LogP contribution in [0.15, 0.2) is 0 Å². The molecule has 1 unspecified atom stereocenters. The molecule has 0 spiro atoms. The van der Waals surface area contributed by atoms with Crippen molar-refractivity contribution in [2.45, 2.75) is 25.1 Å². The smallest absolute Gasteiger partial charge is 0.326 e. The quantitative estimate of drug-likeness (QED) is 0.506. The molecule has 0 aliphatic heterocycles. The molecule has 0 aliphatic carbocycles. The molecule has 0 fully saturated rings. The van der Waals surface area contributed by atoms with Crippen molar-refractivity contribution >= 4 is 17.6 Å². The standard InChI is InChI=1S/C9H18ClNO2/c1-5-9(2,10)8(12)13-7-6-11(3)4/h5-7H2,1-4H3. The van der Waals surface area contributed by atoms with Gasteiger partial charge in [-0.25, -0.2) is 0 Å². The minimum Gasteiger partial charge on any atom is -0.463 e. The minimum atomic E-state index is -0.869. The lowest BCUT2D eigenvalue weighted by atomic mass is 10.1. The summed E-state index contributed by atoms with van der Waals surface area (Å²) in [5.41, 5.74) is 0. The lowest BCUT2D eigenvalue weighted by Crippen LogP contribution is -2.32. The van der Waals surface area contributed by atoms with Crippen LogP contribution in [0.5, 0.6) is 0 Å². The molecule has 0 amide bonds. The van der Waals surface area contributed by atoms with Crippen molar-refractivity contribution in [3.8, 4) is 0 Å². The van der Waals surface area contributed by atoms with E-state index in [-0.39, 0.29) is 5.97 Å². The summed E-state index contributed by atoms with van der Waals surface area (Å²) >= 11 is 5.90. The zero-order valence-electron chi connectivity index (χ0n) is 8.76. The van der Waals surface area contributed by atoms with Gasteiger partial charge in [0.05, 0.1) is 0 Å². The Morgan fingerprint density at radius 3 is 2.46 bits per heavy atom. The maximum atomic E-state index is 11.3. The Hall–Kier alpha value is -0.280. The lowest BCUT2D eigenvalue weighted by Gasteiger charge is -2.18. The van der Waals surface area contributed by atoms with Crippen LogP contribution in [0, 0.1) is 0 Å². The van der Waals surface area contributed by atoms with Crippen molar-refractivity contribution in [3.63, 3.8) is 0 Å². The second kappa shape index (κ2) is 5.45. The molecular weight excluding hydrogens is 190 g/mol. The third kappa shape index (κ3) is 5.11. The first kappa shape index (κ1) is 12.7. The van der Waals surface area contributed by atoms with Gasteiger partial charge in [0.15, 0.2) is 0 Å². The molecule has 0 heterocycles. The van der Waals surface area contributed by atoms with E-state index in [9.17, 15) is 4.79 Å². The fourth-order valence-electron chi connectivity index (χ4n) is 0.616. The second-order valence-electron chi connectivity index (χ2n) is 3.49. The number of ether oxygens (including phenoxy) is 1. The third-order valence-corrected chi connectivity index (χ3v) is 2.28. The monoisotopic (exact) mass is 207 g/mol. The molecule has 1 atom stereocenters. The highest BCUT2D eigenvalue weighted by molar-refractivity contribution is 6.33. The molecule has 78 valence electrons. The van der Waals surface area contributed by atoms with Crippen LogP contribution in [0.25, 0.3) is 0 Å². The van der Waals surface area contributed by atoms with Gasteiger partial charge in [0.1, 0.15) is 11.5 Å². The van der Waals surface area contributed by atoms with E-state index >= 15 is 0 Å². The minimum absolute atomic E-state index is 0.335. The number of hydrogen-bond donors (Lipinski definition) is 0. The van der Waals surface area contributed by atoms with E-state index in [1.807, 2.05) is 25.9 Å². The molecule has 0 bridgehead atoms. The van der Waals surface area contributed by atoms with E-state index in [0.717, 1.165) is 6.54 Å². The average molecular weight is 208 g/mol. The number of nitrogens with zero attached hydrogens (tertiary/aromatic N) is 1. The van der Waals surface area contributed by atoms with Crippen molar-refractivity contribution in [3.05, 3.63) is 0 Å². The summed E-state index contributed by atoms with van der Waals surface area (Å²) in [4.78, 5) is 12.4. The first-order valence-corrected chi connectivity index (χ1v) is 4.79. The first-order valence-electron chi connectivity index (χ1n) is 4.41. The van der Waals surface area contributed by atoms with Gasteiger partial charge < -0.3 is 9.64 Å². The van der Waals surface area contributed by atoms with Crippen LogP contribution < -0.4 is 0 Å². The number of rotatable bonds is 5. The van der Waals surface area contributed by atoms with Crippen molar-refractivity contribution in [1.29, 1.82) is 0 Å². The molecule has 3 nitrogen and oxygen atoms in total. The van der Waals surface area contributed by atoms with Crippen LogP contribution in [-0.2, 0) is 9.53 Å². The Labute approximate surface area is 85.0 Å². The Kier molecular flexibility index (Phi) is 5.33. The van der Waals surface area contributed by atoms with Crippen molar-refractivity contribution < 1.29 is 9.53 Å². The number of halogens is 1. The van der Waals surface area contributed by atoms with Crippen LogP contribution in [0.2, 0.25) is 0 Å². The summed E-state index contributed by atoms with van der Waals surface area (Å²) in [5, 5.41) is 0. The third-order valence-electron chi connectivity index (χ3n) is 1.86. The van der Waals surface area contributed by atoms with Gasteiger partial charge in [0, 0.05) is 6.54 Å². The number of hydrogen-bond acceptors (Lipinski definition) is 3. The highest BCUT2D eigenvalue weighted by Gasteiger charge is 2.29. The second-order valence-corrected chi connectivity index (χ2v) is 4.32. The Morgan fingerprint density at radius 1 is 1.54 bits per heavy atom. The summed E-state index contributed by atoms with van der Waals surface area (Å²) in [6, 6.07) is 0. The highest BCUT2D eigenvalue weighted by Crippen LogP contribution is 2.19. The summed E-state index contributed by atoms with van der Waals surface area (Å²) in [7, 11) is 3.85. The van der Waals surface area contributed by atoms with Crippen molar-refractivity contribution in [2.75, 3.05) is 27.2 Å². The molecule has 0 aromatic rings. The Bertz CT molecular complexity index is 169. The average Bonchev–Trinajstić information content (AvgIpc) is 2.03. The number of likely N-dealkylation sites (N-methyl/N-ethyl adjacent to an activating group) is 1. The largest absolute Gasteiger partial charge is 0.463 e. The molecule has 0 N–H and O–H groups in total. The maximum absolute atomic E-state index is 11.3. The van der Waals surface area contributed by atoms with Gasteiger partial charge in [-0.3, -0.25) is 4.79 Å². The van der Waals surface area contributed by atoms with Crippen molar-refractivity contribution in [1.82, 2.24) is 4.90 Å². The molecule has 0 saturated heterocycles. The Balaban J connectivity index is 3.75. The van der Waals surface area contributed by atoms with E-state index in [1.165, 1.54) is 0 Å². The molecule has 0 aromatic carbocycles. The number of alkyl halides is 1. The topological polar surface area (TPSA) is 29.5 Å². The molecule has 0 aromatic heterocycles. The normalized spacial score (nSPS) is 15.5. The van der Waals surface area contributed by atoms with Crippen molar-refractivity contribution in [2.24, 2.45) is 0 Å². The predicted octanol–water partition coefficient (Wildman–Crippen LogP) is 1.50. The van der Waals surface area contributed by atoms with Crippen LogP contribution in [0.1, 0.15) is 20.3 Å². The summed E-state index contributed by atoms with van der Waals surface area (Å²) in [6.45, 7) is 4.66. The predicted molar refractivity (Wildman–Crippen MR) is 54.1 cm³/mol. The van der Waals surface area contributed by atoms with E-state index in [2.05, 4.69) is 0 Å². The van der Waals surface area contributed by atoms with Gasteiger partial charge in [0.2, 0.25) is 0 Å². The molecule has 0 saturated carbocycles. The molecule has 0 rings (SSSR count). The zero-order valence-corrected chi connectivity index (χ0v) is 9.52. The molecule has 4 heteroatoms. The van der Waals surface area contributed by atoms with E-state index in [4.69, 9.17) is 16.3 Å². The molecule has 0 radical (unpaired) electrons. The molecular formula is C9H18ClNO2. The summed E-state index contributed by atoms with van der Waals surface area (Å²) in [5.74, 6) is -0.335. The van der Waals surface area contributed by atoms with Gasteiger partial charge in [-0.15, -0.1) is 11.6 Å². The fraction of sp³-hybridized carbons (Fsp3) is 0.889. The van der Waals surface area contributed by atoms with Gasteiger partial charge in [-0.2, -0.15) is 0 Å². The van der Waals surface area contributed by atoms with Gasteiger partial charge in [-0.1, -0.05) is 6.92 Å². The summed E-state index contributed by atoms with van der Waals surface area (Å²) in [6.07, 6.45) is 0.579. The molecule has 13 heavy (non-hydrogen) atoms. The lowest BCUT2D eigenvalue weighted by molar-refractivity contribution is -0.146. The van der Waals surface area contributed by atoms with E-state index < -0.39 is 4.87 Å². The SMILES string of the molecule is CCC(C)(Cl)C(=O)OCCN(C)C. The number of carbonyl (C=O) groups excluding carboxylic acids is 1. The van der Waals surface area contributed by atoms with Crippen LogP contribution in [0.3, 0.4) is 0 Å². The summed E-state index contributed by atoms with van der Waals surface area (Å²) < 4.78 is 5.00. The number of carbonyl (C=O) groups is 1. The fourth-order valence-corrected chi connectivity index (χ4v) is 0.670. The van der Waals surface area contributed by atoms with Crippen LogP contribution in [-0.4, -0.2) is 43.0 Å². The molecule has 0 aliphatic rings. The van der Waals surface area contributed by atoms with E-state index in [1.54, 1.807) is 6.92 Å². The van der Waals surface area contributed by atoms with Crippen LogP contribution in [0.4, 0.5) is 0 Å². The maximum Gasteiger partial charge on any atom is 0.326 e.